The van der Waals surface area contributed by atoms with Gasteiger partial charge in [-0.2, -0.15) is 0 Å². The molecule has 0 bridgehead atoms. The van der Waals surface area contributed by atoms with Gasteiger partial charge in [-0.25, -0.2) is 13.2 Å². The van der Waals surface area contributed by atoms with E-state index in [1.807, 2.05) is 0 Å². The zero-order valence-corrected chi connectivity index (χ0v) is 18.8. The number of hydrogen-bond donors (Lipinski definition) is 1. The van der Waals surface area contributed by atoms with Crippen LogP contribution in [0.4, 0.5) is 11.4 Å². The number of esters is 1. The monoisotopic (exact) mass is 474 g/mol. The van der Waals surface area contributed by atoms with Crippen LogP contribution < -0.4 is 14.4 Å². The lowest BCUT2D eigenvalue weighted by Crippen LogP contribution is -2.37. The standard InChI is InChI=1S/C19H20Cl2N2O6S/c1-4-29-19(25)14-7-6-13(10-15(14)21)22-18(24)11-23(30(3,26)27)16-9-12(20)5-8-17(16)28-2/h5-10H,4,11H2,1-3H3,(H,22,24). The number of anilines is 2. The third-order valence-electron chi connectivity index (χ3n) is 3.85. The maximum Gasteiger partial charge on any atom is 0.339 e. The van der Waals surface area contributed by atoms with Crippen LogP contribution in [-0.4, -0.2) is 46.8 Å². The summed E-state index contributed by atoms with van der Waals surface area (Å²) in [6, 6.07) is 8.67. The summed E-state index contributed by atoms with van der Waals surface area (Å²) in [7, 11) is -2.47. The van der Waals surface area contributed by atoms with Crippen LogP contribution >= 0.6 is 23.2 Å². The van der Waals surface area contributed by atoms with Gasteiger partial charge in [0.25, 0.3) is 0 Å². The highest BCUT2D eigenvalue weighted by atomic mass is 35.5. The molecule has 2 aromatic rings. The largest absolute Gasteiger partial charge is 0.495 e. The van der Waals surface area contributed by atoms with E-state index < -0.39 is 28.4 Å². The van der Waals surface area contributed by atoms with E-state index in [1.165, 1.54) is 43.5 Å². The number of ether oxygens (including phenoxy) is 2. The van der Waals surface area contributed by atoms with Gasteiger partial charge in [-0.05, 0) is 43.3 Å². The number of carbonyl (C=O) groups is 2. The van der Waals surface area contributed by atoms with E-state index in [2.05, 4.69) is 5.32 Å². The normalized spacial score (nSPS) is 11.0. The number of rotatable bonds is 8. The van der Waals surface area contributed by atoms with Gasteiger partial charge in [0.05, 0.1) is 36.2 Å². The number of nitrogens with one attached hydrogen (secondary N) is 1. The highest BCUT2D eigenvalue weighted by Gasteiger charge is 2.24. The molecule has 1 N–H and O–H groups in total. The first-order chi connectivity index (χ1) is 14.1. The van der Waals surface area contributed by atoms with Crippen molar-refractivity contribution in [3.05, 3.63) is 52.0 Å². The fourth-order valence-electron chi connectivity index (χ4n) is 2.54. The number of methoxy groups -OCH3 is 1. The first-order valence-electron chi connectivity index (χ1n) is 8.64. The summed E-state index contributed by atoms with van der Waals surface area (Å²) in [6.07, 6.45) is 0.964. The van der Waals surface area contributed by atoms with Gasteiger partial charge in [0.2, 0.25) is 15.9 Å². The molecule has 0 saturated carbocycles. The first kappa shape index (κ1) is 23.8. The number of sulfonamides is 1. The zero-order chi connectivity index (χ0) is 22.5. The fourth-order valence-corrected chi connectivity index (χ4v) is 3.81. The topological polar surface area (TPSA) is 102 Å². The maximum absolute atomic E-state index is 12.5. The molecule has 0 aromatic heterocycles. The van der Waals surface area contributed by atoms with Gasteiger partial charge in [0.1, 0.15) is 12.3 Å². The number of benzene rings is 2. The van der Waals surface area contributed by atoms with Gasteiger partial charge >= 0.3 is 5.97 Å². The molecule has 0 saturated heterocycles. The van der Waals surface area contributed by atoms with Crippen molar-refractivity contribution in [2.45, 2.75) is 6.92 Å². The summed E-state index contributed by atoms with van der Waals surface area (Å²) in [5.74, 6) is -0.987. The van der Waals surface area contributed by atoms with Crippen molar-refractivity contribution in [2.24, 2.45) is 0 Å². The van der Waals surface area contributed by atoms with Crippen molar-refractivity contribution < 1.29 is 27.5 Å². The Labute approximate surface area is 184 Å². The molecule has 30 heavy (non-hydrogen) atoms. The summed E-state index contributed by atoms with van der Waals surface area (Å²) in [4.78, 5) is 24.3. The minimum atomic E-state index is -3.84. The quantitative estimate of drug-likeness (QED) is 0.586. The molecule has 0 aliphatic carbocycles. The molecule has 2 aromatic carbocycles. The fraction of sp³-hybridized carbons (Fsp3) is 0.263. The molecule has 0 radical (unpaired) electrons. The molecule has 162 valence electrons. The molecule has 11 heteroatoms. The number of amides is 1. The van der Waals surface area contributed by atoms with Crippen LogP contribution in [0.1, 0.15) is 17.3 Å². The Balaban J connectivity index is 2.25. The lowest BCUT2D eigenvalue weighted by atomic mass is 10.2. The number of halogens is 2. The Hall–Kier alpha value is -2.49. The SMILES string of the molecule is CCOC(=O)c1ccc(NC(=O)CN(c2cc(Cl)ccc2OC)S(C)(=O)=O)cc1Cl. The van der Waals surface area contributed by atoms with Crippen molar-refractivity contribution in [3.8, 4) is 5.75 Å². The Kier molecular flexibility index (Phi) is 7.94. The van der Waals surface area contributed by atoms with Gasteiger partial charge in [-0.15, -0.1) is 0 Å². The van der Waals surface area contributed by atoms with Crippen molar-refractivity contribution in [1.29, 1.82) is 0 Å². The van der Waals surface area contributed by atoms with Crippen molar-refractivity contribution in [3.63, 3.8) is 0 Å². The van der Waals surface area contributed by atoms with Gasteiger partial charge in [-0.1, -0.05) is 23.2 Å². The lowest BCUT2D eigenvalue weighted by Gasteiger charge is -2.24. The molecule has 2 rings (SSSR count). The average molecular weight is 475 g/mol. The Bertz CT molecular complexity index is 1060. The van der Waals surface area contributed by atoms with E-state index in [1.54, 1.807) is 6.92 Å². The minimum Gasteiger partial charge on any atom is -0.495 e. The molecular formula is C19H20Cl2N2O6S. The zero-order valence-electron chi connectivity index (χ0n) is 16.4. The van der Waals surface area contributed by atoms with E-state index in [4.69, 9.17) is 32.7 Å². The first-order valence-corrected chi connectivity index (χ1v) is 11.2. The number of hydrogen-bond acceptors (Lipinski definition) is 6. The van der Waals surface area contributed by atoms with Crippen LogP contribution in [0.15, 0.2) is 36.4 Å². The smallest absolute Gasteiger partial charge is 0.339 e. The Morgan fingerprint density at radius 2 is 1.83 bits per heavy atom. The number of carbonyl (C=O) groups excluding carboxylic acids is 2. The second kappa shape index (κ2) is 10.0. The lowest BCUT2D eigenvalue weighted by molar-refractivity contribution is -0.114. The predicted molar refractivity (Wildman–Crippen MR) is 116 cm³/mol. The van der Waals surface area contributed by atoms with Gasteiger partial charge in [0, 0.05) is 10.7 Å². The van der Waals surface area contributed by atoms with Crippen molar-refractivity contribution in [2.75, 3.05) is 36.1 Å². The molecule has 8 nitrogen and oxygen atoms in total. The molecular weight excluding hydrogens is 455 g/mol. The van der Waals surface area contributed by atoms with E-state index in [0.29, 0.717) is 0 Å². The molecule has 0 unspecified atom stereocenters. The molecule has 0 spiro atoms. The summed E-state index contributed by atoms with van der Waals surface area (Å²) in [5, 5.41) is 2.91. The van der Waals surface area contributed by atoms with Gasteiger partial charge in [-0.3, -0.25) is 9.10 Å². The van der Waals surface area contributed by atoms with Crippen LogP contribution in [-0.2, 0) is 19.6 Å². The van der Waals surface area contributed by atoms with E-state index in [0.717, 1.165) is 10.6 Å². The molecule has 0 aliphatic heterocycles. The third-order valence-corrected chi connectivity index (χ3v) is 5.52. The second-order valence-electron chi connectivity index (χ2n) is 6.05. The van der Waals surface area contributed by atoms with Crippen LogP contribution in [0.3, 0.4) is 0 Å². The molecule has 0 atom stereocenters. The summed E-state index contributed by atoms with van der Waals surface area (Å²) >= 11 is 12.1. The van der Waals surface area contributed by atoms with Gasteiger partial charge < -0.3 is 14.8 Å². The summed E-state index contributed by atoms with van der Waals surface area (Å²) in [5.41, 5.74) is 0.556. The molecule has 0 aliphatic rings. The highest BCUT2D eigenvalue weighted by Crippen LogP contribution is 2.32. The third kappa shape index (κ3) is 6.01. The Morgan fingerprint density at radius 1 is 1.13 bits per heavy atom. The van der Waals surface area contributed by atoms with Crippen LogP contribution in [0.5, 0.6) is 5.75 Å². The molecule has 1 amide bonds. The predicted octanol–water partition coefficient (Wildman–Crippen LogP) is 3.58. The van der Waals surface area contributed by atoms with Crippen LogP contribution in [0, 0.1) is 0 Å². The average Bonchev–Trinajstić information content (AvgIpc) is 2.65. The van der Waals surface area contributed by atoms with E-state index in [9.17, 15) is 18.0 Å². The molecule has 0 fully saturated rings. The van der Waals surface area contributed by atoms with E-state index in [-0.39, 0.29) is 39.3 Å². The minimum absolute atomic E-state index is 0.0859. The van der Waals surface area contributed by atoms with E-state index >= 15 is 0 Å². The van der Waals surface area contributed by atoms with Crippen molar-refractivity contribution in [1.82, 2.24) is 0 Å². The highest BCUT2D eigenvalue weighted by molar-refractivity contribution is 7.92. The van der Waals surface area contributed by atoms with Crippen molar-refractivity contribution >= 4 is 56.5 Å². The summed E-state index contributed by atoms with van der Waals surface area (Å²) in [6.45, 7) is 1.33. The Morgan fingerprint density at radius 3 is 2.40 bits per heavy atom. The van der Waals surface area contributed by atoms with Gasteiger partial charge in [0.15, 0.2) is 0 Å². The van der Waals surface area contributed by atoms with Crippen LogP contribution in [0.25, 0.3) is 0 Å². The molecule has 0 heterocycles. The maximum atomic E-state index is 12.5. The second-order valence-corrected chi connectivity index (χ2v) is 8.80. The number of nitrogens with zero attached hydrogens (tertiary/aromatic N) is 1. The van der Waals surface area contributed by atoms with Crippen LogP contribution in [0.2, 0.25) is 10.0 Å². The summed E-state index contributed by atoms with van der Waals surface area (Å²) < 4.78 is 35.6.